The Balaban J connectivity index is 1.80. The van der Waals surface area contributed by atoms with Crippen molar-refractivity contribution in [3.63, 3.8) is 0 Å². The van der Waals surface area contributed by atoms with Crippen LogP contribution in [0.2, 0.25) is 0 Å². The molecule has 0 aromatic heterocycles. The molecule has 2 aliphatic carbocycles. The Hall–Kier alpha value is -4.76. The highest BCUT2D eigenvalue weighted by Crippen LogP contribution is 2.54. The first-order valence-electron chi connectivity index (χ1n) is 16.7. The van der Waals surface area contributed by atoms with Crippen LogP contribution in [0, 0.1) is 17.3 Å². The molecule has 14 nitrogen and oxygen atoms in total. The number of esters is 4. The minimum Gasteiger partial charge on any atom is -0.459 e. The number of ether oxygens (including phenoxy) is 5. The Kier molecular flexibility index (Phi) is 10.4. The molecule has 3 fully saturated rings. The molecular formula is C38H42O14. The average Bonchev–Trinajstić information content (AvgIpc) is 3.90. The fourth-order valence-corrected chi connectivity index (χ4v) is 7.45. The van der Waals surface area contributed by atoms with E-state index in [9.17, 15) is 44.1 Å². The van der Waals surface area contributed by atoms with E-state index in [-0.39, 0.29) is 11.1 Å². The molecule has 2 aromatic carbocycles. The van der Waals surface area contributed by atoms with Crippen LogP contribution < -0.4 is 0 Å². The molecule has 0 unspecified atom stereocenters. The molecule has 5 rings (SSSR count). The lowest BCUT2D eigenvalue weighted by molar-refractivity contribution is -0.193. The second kappa shape index (κ2) is 14.0. The maximum atomic E-state index is 14.8. The summed E-state index contributed by atoms with van der Waals surface area (Å²) in [6, 6.07) is 15.0. The number of hydrogen-bond donors (Lipinski definition) is 3. The van der Waals surface area contributed by atoms with Gasteiger partial charge >= 0.3 is 23.9 Å². The van der Waals surface area contributed by atoms with Gasteiger partial charge in [-0.25, -0.2) is 9.59 Å². The van der Waals surface area contributed by atoms with Crippen molar-refractivity contribution in [2.75, 3.05) is 0 Å². The Morgan fingerprint density at radius 3 is 1.71 bits per heavy atom. The van der Waals surface area contributed by atoms with Gasteiger partial charge in [0.1, 0.15) is 17.8 Å². The van der Waals surface area contributed by atoms with Gasteiger partial charge in [-0.1, -0.05) is 63.7 Å². The van der Waals surface area contributed by atoms with E-state index >= 15 is 0 Å². The van der Waals surface area contributed by atoms with Crippen molar-refractivity contribution < 1.29 is 67.8 Å². The van der Waals surface area contributed by atoms with E-state index < -0.39 is 112 Å². The molecule has 52 heavy (non-hydrogen) atoms. The standard InChI is InChI=1S/C38H42O14/c1-18-26(51-33(44)22-14-10-8-11-15-22)24-31(48-20(3)39)37(7,46)35(49-21(4)40)38(24,47)29(42)19(2)28-32(50-28)36(5,6)30(43)25(41)27(18)52-34(45)23-16-12-9-13-17-23/h8-17,19,24-28,31-32,35,41,46-47H,1H2,2-7H3/t19-,24-,25+,26-,27-,28+,31+,32-,35-,37-,38+/m0/s1. The molecule has 0 bridgehead atoms. The van der Waals surface area contributed by atoms with Crippen LogP contribution in [0.5, 0.6) is 0 Å². The first kappa shape index (κ1) is 38.5. The third-order valence-electron chi connectivity index (χ3n) is 10.2. The Bertz CT molecular complexity index is 1770. The van der Waals surface area contributed by atoms with Gasteiger partial charge in [0.25, 0.3) is 0 Å². The number of carbonyl (C=O) groups is 6. The molecule has 1 saturated heterocycles. The monoisotopic (exact) mass is 722 g/mol. The summed E-state index contributed by atoms with van der Waals surface area (Å²) < 4.78 is 28.6. The van der Waals surface area contributed by atoms with Crippen LogP contribution in [-0.4, -0.2) is 105 Å². The molecule has 0 amide bonds. The zero-order valence-electron chi connectivity index (χ0n) is 29.5. The minimum absolute atomic E-state index is 0.000709. The van der Waals surface area contributed by atoms with Crippen molar-refractivity contribution in [3.8, 4) is 0 Å². The predicted octanol–water partition coefficient (Wildman–Crippen LogP) is 1.91. The molecule has 0 spiro atoms. The van der Waals surface area contributed by atoms with Gasteiger partial charge in [-0.2, -0.15) is 0 Å². The predicted molar refractivity (Wildman–Crippen MR) is 178 cm³/mol. The smallest absolute Gasteiger partial charge is 0.338 e. The molecule has 1 heterocycles. The van der Waals surface area contributed by atoms with Crippen molar-refractivity contribution >= 4 is 35.4 Å². The molecule has 11 atom stereocenters. The molecular weight excluding hydrogens is 680 g/mol. The topological polar surface area (TPSA) is 213 Å². The summed E-state index contributed by atoms with van der Waals surface area (Å²) in [5.41, 5.74) is -7.72. The van der Waals surface area contributed by atoms with Crippen LogP contribution in [-0.2, 0) is 42.9 Å². The normalized spacial score (nSPS) is 35.5. The first-order chi connectivity index (χ1) is 24.3. The van der Waals surface area contributed by atoms with Gasteiger partial charge in [-0.05, 0) is 31.2 Å². The van der Waals surface area contributed by atoms with E-state index in [2.05, 4.69) is 6.58 Å². The lowest BCUT2D eigenvalue weighted by Gasteiger charge is -2.41. The molecule has 2 aromatic rings. The second-order valence-electron chi connectivity index (χ2n) is 14.3. The summed E-state index contributed by atoms with van der Waals surface area (Å²) in [5, 5.41) is 36.7. The van der Waals surface area contributed by atoms with Gasteiger partial charge in [-0.15, -0.1) is 0 Å². The van der Waals surface area contributed by atoms with Crippen LogP contribution >= 0.6 is 0 Å². The lowest BCUT2D eigenvalue weighted by Crippen LogP contribution is -2.62. The van der Waals surface area contributed by atoms with Crippen LogP contribution in [0.25, 0.3) is 0 Å². The van der Waals surface area contributed by atoms with E-state index in [1.54, 1.807) is 24.3 Å². The first-order valence-corrected chi connectivity index (χ1v) is 16.7. The summed E-state index contributed by atoms with van der Waals surface area (Å²) >= 11 is 0. The number of epoxide rings is 1. The number of benzene rings is 2. The molecule has 3 N–H and O–H groups in total. The molecule has 1 aliphatic heterocycles. The van der Waals surface area contributed by atoms with Gasteiger partial charge in [0.2, 0.25) is 0 Å². The second-order valence-corrected chi connectivity index (χ2v) is 14.3. The van der Waals surface area contributed by atoms with E-state index in [1.165, 1.54) is 57.2 Å². The molecule has 2 saturated carbocycles. The number of ketones is 2. The molecule has 3 aliphatic rings. The van der Waals surface area contributed by atoms with Crippen molar-refractivity contribution in [2.24, 2.45) is 17.3 Å². The quantitative estimate of drug-likeness (QED) is 0.168. The molecule has 0 radical (unpaired) electrons. The minimum atomic E-state index is -3.04. The number of aliphatic hydroxyl groups is 3. The van der Waals surface area contributed by atoms with Gasteiger partial charge in [0.15, 0.2) is 35.5 Å². The summed E-state index contributed by atoms with van der Waals surface area (Å²) in [5.74, 6) is -9.49. The number of carbonyl (C=O) groups excluding carboxylic acids is 6. The van der Waals surface area contributed by atoms with Gasteiger partial charge < -0.3 is 39.0 Å². The van der Waals surface area contributed by atoms with Crippen molar-refractivity contribution in [2.45, 2.75) is 95.5 Å². The molecule has 14 heteroatoms. The zero-order chi connectivity index (χ0) is 38.5. The van der Waals surface area contributed by atoms with Crippen LogP contribution in [0.4, 0.5) is 0 Å². The fraction of sp³-hybridized carbons (Fsp3) is 0.474. The Morgan fingerprint density at radius 2 is 1.23 bits per heavy atom. The lowest BCUT2D eigenvalue weighted by atomic mass is 9.70. The van der Waals surface area contributed by atoms with E-state index in [0.717, 1.165) is 20.8 Å². The summed E-state index contributed by atoms with van der Waals surface area (Å²) in [6.45, 7) is 11.3. The highest BCUT2D eigenvalue weighted by Gasteiger charge is 2.76. The van der Waals surface area contributed by atoms with Crippen molar-refractivity contribution in [1.82, 2.24) is 0 Å². The Labute approximate surface area is 299 Å². The van der Waals surface area contributed by atoms with Gasteiger partial charge in [-0.3, -0.25) is 19.2 Å². The van der Waals surface area contributed by atoms with Gasteiger partial charge in [0, 0.05) is 25.3 Å². The average molecular weight is 723 g/mol. The zero-order valence-corrected chi connectivity index (χ0v) is 29.5. The largest absolute Gasteiger partial charge is 0.459 e. The van der Waals surface area contributed by atoms with E-state index in [0.29, 0.717) is 0 Å². The Morgan fingerprint density at radius 1 is 0.750 bits per heavy atom. The summed E-state index contributed by atoms with van der Waals surface area (Å²) in [7, 11) is 0. The number of fused-ring (bicyclic) bond motifs is 2. The van der Waals surface area contributed by atoms with Crippen LogP contribution in [0.1, 0.15) is 62.3 Å². The number of aliphatic hydroxyl groups excluding tert-OH is 1. The third kappa shape index (κ3) is 6.67. The van der Waals surface area contributed by atoms with E-state index in [4.69, 9.17) is 23.7 Å². The maximum Gasteiger partial charge on any atom is 0.338 e. The summed E-state index contributed by atoms with van der Waals surface area (Å²) in [6.07, 6.45) is -12.5. The van der Waals surface area contributed by atoms with E-state index in [1.807, 2.05) is 0 Å². The van der Waals surface area contributed by atoms with Crippen molar-refractivity contribution in [1.29, 1.82) is 0 Å². The maximum absolute atomic E-state index is 14.8. The SMILES string of the molecule is C=C1[C@H](OC(=O)c2ccccc2)[C@H]2[C@@H](OC(C)=O)[C@](C)(O)[C@H](OC(C)=O)[C@]2(O)C(=O)[C@@H](C)[C@H]2O[C@@H]2C(C)(C)C(=O)[C@H](O)[C@H]1OC(=O)c1ccccc1. The number of hydrogen-bond acceptors (Lipinski definition) is 14. The van der Waals surface area contributed by atoms with Crippen molar-refractivity contribution in [3.05, 3.63) is 83.9 Å². The molecule has 278 valence electrons. The fourth-order valence-electron chi connectivity index (χ4n) is 7.45. The highest BCUT2D eigenvalue weighted by molar-refractivity contribution is 5.95. The number of Topliss-reactive ketones (excluding diaryl/α,β-unsaturated/α-hetero) is 2. The third-order valence-corrected chi connectivity index (χ3v) is 10.2. The highest BCUT2D eigenvalue weighted by atomic mass is 16.6. The van der Waals surface area contributed by atoms with Crippen LogP contribution in [0.15, 0.2) is 72.8 Å². The van der Waals surface area contributed by atoms with Gasteiger partial charge in [0.05, 0.1) is 34.7 Å². The van der Waals surface area contributed by atoms with Crippen LogP contribution in [0.3, 0.4) is 0 Å². The number of rotatable bonds is 6. The summed E-state index contributed by atoms with van der Waals surface area (Å²) in [4.78, 5) is 81.5.